The molecular formula is C21H21ClN4O4. The van der Waals surface area contributed by atoms with Gasteiger partial charge >= 0.3 is 0 Å². The zero-order valence-corrected chi connectivity index (χ0v) is 17.1. The van der Waals surface area contributed by atoms with Crippen molar-refractivity contribution >= 4 is 35.0 Å². The van der Waals surface area contributed by atoms with E-state index in [0.29, 0.717) is 28.6 Å². The number of nitrogens with two attached hydrogens (primary N) is 1. The van der Waals surface area contributed by atoms with Crippen LogP contribution in [0.3, 0.4) is 0 Å². The lowest BCUT2D eigenvalue weighted by Crippen LogP contribution is -2.60. The molecule has 3 amide bonds. The summed E-state index contributed by atoms with van der Waals surface area (Å²) >= 11 is 6.15. The van der Waals surface area contributed by atoms with Crippen LogP contribution in [-0.2, 0) is 9.59 Å². The summed E-state index contributed by atoms with van der Waals surface area (Å²) in [6.07, 6.45) is 0. The normalized spacial score (nSPS) is 18.3. The van der Waals surface area contributed by atoms with E-state index in [1.54, 1.807) is 43.5 Å². The lowest BCUT2D eigenvalue weighted by atomic mass is 10.00. The van der Waals surface area contributed by atoms with Crippen LogP contribution in [0.5, 0.6) is 5.75 Å². The van der Waals surface area contributed by atoms with Gasteiger partial charge in [0.15, 0.2) is 0 Å². The molecule has 0 spiro atoms. The average Bonchev–Trinajstić information content (AvgIpc) is 2.87. The van der Waals surface area contributed by atoms with Crippen LogP contribution in [-0.4, -0.2) is 66.9 Å². The number of amides is 3. The second kappa shape index (κ2) is 7.97. The summed E-state index contributed by atoms with van der Waals surface area (Å²) in [5.41, 5.74) is 7.74. The SMILES string of the molecule is COc1ccc(Cl)cc1-c1ccc2c(c1)C(=O)N1CCN(C(=O)CN)CC1C(=O)N2. The predicted octanol–water partition coefficient (Wildman–Crippen LogP) is 1.58. The van der Waals surface area contributed by atoms with Crippen LogP contribution in [0.1, 0.15) is 10.4 Å². The number of carbonyl (C=O) groups excluding carboxylic acids is 3. The molecule has 2 aromatic rings. The van der Waals surface area contributed by atoms with Crippen molar-refractivity contribution in [1.82, 2.24) is 9.80 Å². The van der Waals surface area contributed by atoms with Gasteiger partial charge in [-0.05, 0) is 35.9 Å². The van der Waals surface area contributed by atoms with Crippen LogP contribution in [0.4, 0.5) is 5.69 Å². The van der Waals surface area contributed by atoms with E-state index in [2.05, 4.69) is 5.32 Å². The zero-order valence-electron chi connectivity index (χ0n) is 16.4. The topological polar surface area (TPSA) is 105 Å². The smallest absolute Gasteiger partial charge is 0.256 e. The van der Waals surface area contributed by atoms with Gasteiger partial charge in [0.25, 0.3) is 5.91 Å². The number of nitrogens with one attached hydrogen (secondary N) is 1. The van der Waals surface area contributed by atoms with Crippen LogP contribution >= 0.6 is 11.6 Å². The summed E-state index contributed by atoms with van der Waals surface area (Å²) < 4.78 is 5.43. The molecule has 3 N–H and O–H groups in total. The Bertz CT molecular complexity index is 1040. The zero-order chi connectivity index (χ0) is 21.4. The first-order valence-electron chi connectivity index (χ1n) is 9.50. The third kappa shape index (κ3) is 3.48. The highest BCUT2D eigenvalue weighted by Gasteiger charge is 2.40. The predicted molar refractivity (Wildman–Crippen MR) is 113 cm³/mol. The number of rotatable bonds is 3. The summed E-state index contributed by atoms with van der Waals surface area (Å²) in [4.78, 5) is 41.1. The molecule has 0 radical (unpaired) electrons. The second-order valence-electron chi connectivity index (χ2n) is 7.15. The van der Waals surface area contributed by atoms with Gasteiger partial charge in [0.05, 0.1) is 31.5 Å². The van der Waals surface area contributed by atoms with Crippen molar-refractivity contribution in [3.8, 4) is 16.9 Å². The third-order valence-corrected chi connectivity index (χ3v) is 5.69. The van der Waals surface area contributed by atoms with Crippen molar-refractivity contribution < 1.29 is 19.1 Å². The Hall–Kier alpha value is -3.10. The maximum Gasteiger partial charge on any atom is 0.256 e. The van der Waals surface area contributed by atoms with Gasteiger partial charge in [0, 0.05) is 23.7 Å². The minimum absolute atomic E-state index is 0.122. The van der Waals surface area contributed by atoms with Crippen LogP contribution in [0, 0.1) is 0 Å². The summed E-state index contributed by atoms with van der Waals surface area (Å²) in [6, 6.07) is 9.71. The largest absolute Gasteiger partial charge is 0.496 e. The average molecular weight is 429 g/mol. The number of nitrogens with zero attached hydrogens (tertiary/aromatic N) is 2. The van der Waals surface area contributed by atoms with E-state index in [4.69, 9.17) is 22.1 Å². The molecule has 0 saturated carbocycles. The standard InChI is InChI=1S/C21H21ClN4O4/c1-30-18-5-3-13(22)9-14(18)12-2-4-16-15(8-12)21(29)26-7-6-25(19(27)10-23)11-17(26)20(28)24-16/h2-5,8-9,17H,6-7,10-11,23H2,1H3,(H,24,28). The number of piperazine rings is 1. The number of ether oxygens (including phenoxy) is 1. The van der Waals surface area contributed by atoms with Gasteiger partial charge in [-0.15, -0.1) is 0 Å². The molecule has 4 rings (SSSR count). The van der Waals surface area contributed by atoms with Gasteiger partial charge in [0.1, 0.15) is 11.8 Å². The van der Waals surface area contributed by atoms with Gasteiger partial charge < -0.3 is 25.6 Å². The van der Waals surface area contributed by atoms with E-state index in [0.717, 1.165) is 11.1 Å². The number of hydrogen-bond donors (Lipinski definition) is 2. The Kier molecular flexibility index (Phi) is 5.36. The van der Waals surface area contributed by atoms with Crippen LogP contribution in [0.2, 0.25) is 5.02 Å². The highest BCUT2D eigenvalue weighted by Crippen LogP contribution is 2.36. The number of anilines is 1. The summed E-state index contributed by atoms with van der Waals surface area (Å²) in [5, 5.41) is 3.36. The Balaban J connectivity index is 1.72. The molecule has 1 saturated heterocycles. The molecule has 1 atom stereocenters. The van der Waals surface area contributed by atoms with Crippen LogP contribution in [0.15, 0.2) is 36.4 Å². The minimum Gasteiger partial charge on any atom is -0.496 e. The number of benzene rings is 2. The van der Waals surface area contributed by atoms with Crippen molar-refractivity contribution in [2.24, 2.45) is 5.73 Å². The molecule has 0 bridgehead atoms. The molecular weight excluding hydrogens is 408 g/mol. The molecule has 1 unspecified atom stereocenters. The molecule has 156 valence electrons. The molecule has 0 aliphatic carbocycles. The fraction of sp³-hybridized carbons (Fsp3) is 0.286. The van der Waals surface area contributed by atoms with Gasteiger partial charge in [-0.25, -0.2) is 0 Å². The quantitative estimate of drug-likeness (QED) is 0.772. The molecule has 2 heterocycles. The van der Waals surface area contributed by atoms with E-state index >= 15 is 0 Å². The maximum atomic E-state index is 13.3. The first-order valence-corrected chi connectivity index (χ1v) is 9.88. The number of hydrogen-bond acceptors (Lipinski definition) is 5. The number of fused-ring (bicyclic) bond motifs is 2. The van der Waals surface area contributed by atoms with E-state index in [9.17, 15) is 14.4 Å². The molecule has 9 heteroatoms. The van der Waals surface area contributed by atoms with Crippen molar-refractivity contribution in [3.63, 3.8) is 0 Å². The first kappa shape index (κ1) is 20.2. The lowest BCUT2D eigenvalue weighted by molar-refractivity contribution is -0.134. The Morgan fingerprint density at radius 1 is 1.20 bits per heavy atom. The van der Waals surface area contributed by atoms with Gasteiger partial charge in [-0.1, -0.05) is 17.7 Å². The number of methoxy groups -OCH3 is 1. The van der Waals surface area contributed by atoms with Gasteiger partial charge in [-0.2, -0.15) is 0 Å². The first-order chi connectivity index (χ1) is 14.4. The third-order valence-electron chi connectivity index (χ3n) is 5.45. The van der Waals surface area contributed by atoms with Crippen molar-refractivity contribution in [2.45, 2.75) is 6.04 Å². The van der Waals surface area contributed by atoms with E-state index in [-0.39, 0.29) is 37.4 Å². The molecule has 2 aromatic carbocycles. The van der Waals surface area contributed by atoms with Crippen molar-refractivity contribution in [1.29, 1.82) is 0 Å². The van der Waals surface area contributed by atoms with Gasteiger partial charge in [0.2, 0.25) is 11.8 Å². The van der Waals surface area contributed by atoms with E-state index < -0.39 is 6.04 Å². The molecule has 8 nitrogen and oxygen atoms in total. The number of halogens is 1. The summed E-state index contributed by atoms with van der Waals surface area (Å²) in [6.45, 7) is 0.583. The van der Waals surface area contributed by atoms with Crippen LogP contribution in [0.25, 0.3) is 11.1 Å². The van der Waals surface area contributed by atoms with Crippen LogP contribution < -0.4 is 15.8 Å². The molecule has 1 fully saturated rings. The monoisotopic (exact) mass is 428 g/mol. The summed E-state index contributed by atoms with van der Waals surface area (Å²) in [7, 11) is 1.56. The lowest BCUT2D eigenvalue weighted by Gasteiger charge is -2.39. The Morgan fingerprint density at radius 3 is 2.73 bits per heavy atom. The molecule has 2 aliphatic rings. The van der Waals surface area contributed by atoms with Crippen molar-refractivity contribution in [3.05, 3.63) is 47.0 Å². The Labute approximate surface area is 178 Å². The van der Waals surface area contributed by atoms with Crippen molar-refractivity contribution in [2.75, 3.05) is 38.6 Å². The fourth-order valence-corrected chi connectivity index (χ4v) is 4.05. The number of carbonyl (C=O) groups is 3. The minimum atomic E-state index is -0.765. The van der Waals surface area contributed by atoms with Gasteiger partial charge in [-0.3, -0.25) is 14.4 Å². The fourth-order valence-electron chi connectivity index (χ4n) is 3.88. The maximum absolute atomic E-state index is 13.3. The highest BCUT2D eigenvalue weighted by atomic mass is 35.5. The molecule has 0 aromatic heterocycles. The summed E-state index contributed by atoms with van der Waals surface area (Å²) in [5.74, 6) is -0.219. The molecule has 2 aliphatic heterocycles. The molecule has 30 heavy (non-hydrogen) atoms. The van der Waals surface area contributed by atoms with E-state index in [1.165, 1.54) is 9.80 Å². The van der Waals surface area contributed by atoms with E-state index in [1.807, 2.05) is 0 Å². The highest BCUT2D eigenvalue weighted by molar-refractivity contribution is 6.31. The second-order valence-corrected chi connectivity index (χ2v) is 7.59. The Morgan fingerprint density at radius 2 is 2.00 bits per heavy atom.